The molecular weight excluding hydrogens is 416 g/mol. The number of aromatic amines is 1. The zero-order valence-electron chi connectivity index (χ0n) is 15.7. The van der Waals surface area contributed by atoms with Gasteiger partial charge < -0.3 is 4.98 Å². The number of H-pyrrole nitrogens is 1. The highest BCUT2D eigenvalue weighted by Crippen LogP contribution is 2.22. The van der Waals surface area contributed by atoms with Gasteiger partial charge in [-0.2, -0.15) is 0 Å². The Bertz CT molecular complexity index is 1470. The molecule has 0 spiro atoms. The molecule has 148 valence electrons. The molecule has 0 atom stereocenters. The molecule has 0 aliphatic rings. The lowest BCUT2D eigenvalue weighted by Crippen LogP contribution is -2.24. The largest absolute Gasteiger partial charge is 0.309 e. The highest BCUT2D eigenvalue weighted by atomic mass is 32.2. The Balaban J connectivity index is 1.55. The number of nitrogens with zero attached hydrogens (tertiary/aromatic N) is 3. The Hall–Kier alpha value is -3.23. The highest BCUT2D eigenvalue weighted by molar-refractivity contribution is 7.98. The topological polar surface area (TPSA) is 80.6 Å². The van der Waals surface area contributed by atoms with Crippen molar-refractivity contribution in [3.8, 4) is 0 Å². The first-order valence-corrected chi connectivity index (χ1v) is 11.2. The second-order valence-electron chi connectivity index (χ2n) is 6.72. The molecule has 8 heteroatoms. The molecular formula is C22H16N4O2S2. The molecule has 1 N–H and O–H groups in total. The lowest BCUT2D eigenvalue weighted by Gasteiger charge is -2.13. The molecule has 2 aromatic carbocycles. The van der Waals surface area contributed by atoms with Crippen LogP contribution in [0.3, 0.4) is 0 Å². The fourth-order valence-electron chi connectivity index (χ4n) is 3.29. The molecule has 0 fully saturated rings. The van der Waals surface area contributed by atoms with Crippen LogP contribution in [0.5, 0.6) is 0 Å². The molecule has 3 heterocycles. The summed E-state index contributed by atoms with van der Waals surface area (Å²) >= 11 is 2.76. The van der Waals surface area contributed by atoms with Gasteiger partial charge in [0.15, 0.2) is 5.16 Å². The third-order valence-corrected chi connectivity index (χ3v) is 6.60. The Morgan fingerprint density at radius 3 is 2.60 bits per heavy atom. The molecule has 0 saturated carbocycles. The van der Waals surface area contributed by atoms with Gasteiger partial charge in [0.2, 0.25) is 0 Å². The molecule has 0 bridgehead atoms. The van der Waals surface area contributed by atoms with E-state index in [4.69, 9.17) is 4.98 Å². The second-order valence-corrected chi connectivity index (χ2v) is 8.58. The maximum atomic E-state index is 13.2. The molecule has 0 amide bonds. The van der Waals surface area contributed by atoms with Crippen LogP contribution in [0.2, 0.25) is 0 Å². The van der Waals surface area contributed by atoms with E-state index in [9.17, 15) is 9.59 Å². The fourth-order valence-corrected chi connectivity index (χ4v) is 4.88. The molecule has 0 saturated heterocycles. The van der Waals surface area contributed by atoms with Gasteiger partial charge in [-0.3, -0.25) is 14.2 Å². The van der Waals surface area contributed by atoms with Gasteiger partial charge in [0.05, 0.1) is 28.7 Å². The number of fused-ring (bicyclic) bond motifs is 2. The summed E-state index contributed by atoms with van der Waals surface area (Å²) < 4.78 is 2.30. The van der Waals surface area contributed by atoms with Crippen LogP contribution in [0.25, 0.3) is 21.1 Å². The van der Waals surface area contributed by atoms with Gasteiger partial charge in [0.1, 0.15) is 10.5 Å². The number of aromatic nitrogens is 4. The standard InChI is InChI=1S/C22H16N4O2S2/c27-20-19-17(10-11-29-19)23-18(25-20)13-30-22-24-16-9-5-4-8-15(16)21(28)26(22)12-14-6-2-1-3-7-14/h1-11H,12-13H2,(H,23,25,27). The zero-order valence-corrected chi connectivity index (χ0v) is 17.4. The third kappa shape index (κ3) is 3.55. The minimum absolute atomic E-state index is 0.0818. The van der Waals surface area contributed by atoms with Crippen LogP contribution in [-0.4, -0.2) is 19.5 Å². The van der Waals surface area contributed by atoms with Crippen LogP contribution in [0, 0.1) is 0 Å². The molecule has 30 heavy (non-hydrogen) atoms. The summed E-state index contributed by atoms with van der Waals surface area (Å²) in [6.07, 6.45) is 0. The molecule has 5 aromatic rings. The lowest BCUT2D eigenvalue weighted by atomic mass is 10.2. The van der Waals surface area contributed by atoms with Gasteiger partial charge in [-0.05, 0) is 29.1 Å². The van der Waals surface area contributed by atoms with E-state index < -0.39 is 0 Å². The number of hydrogen-bond donors (Lipinski definition) is 1. The van der Waals surface area contributed by atoms with Crippen molar-refractivity contribution in [2.24, 2.45) is 0 Å². The van der Waals surface area contributed by atoms with Crippen molar-refractivity contribution in [1.29, 1.82) is 0 Å². The minimum Gasteiger partial charge on any atom is -0.309 e. The minimum atomic E-state index is -0.140. The summed E-state index contributed by atoms with van der Waals surface area (Å²) in [5.74, 6) is 0.963. The van der Waals surface area contributed by atoms with Crippen molar-refractivity contribution in [3.05, 3.63) is 98.1 Å². The second kappa shape index (κ2) is 7.89. The summed E-state index contributed by atoms with van der Waals surface area (Å²) in [5, 5.41) is 3.03. The van der Waals surface area contributed by atoms with Crippen molar-refractivity contribution in [1.82, 2.24) is 19.5 Å². The molecule has 0 unspecified atom stereocenters. The number of benzene rings is 2. The van der Waals surface area contributed by atoms with Gasteiger partial charge in [-0.1, -0.05) is 54.2 Å². The van der Waals surface area contributed by atoms with Crippen LogP contribution in [-0.2, 0) is 12.3 Å². The van der Waals surface area contributed by atoms with Crippen LogP contribution in [0.1, 0.15) is 11.4 Å². The predicted octanol–water partition coefficient (Wildman–Crippen LogP) is 4.04. The Morgan fingerprint density at radius 1 is 0.933 bits per heavy atom. The van der Waals surface area contributed by atoms with Gasteiger partial charge in [0, 0.05) is 0 Å². The van der Waals surface area contributed by atoms with E-state index in [0.717, 1.165) is 5.56 Å². The number of nitrogens with one attached hydrogen (secondary N) is 1. The van der Waals surface area contributed by atoms with Crippen molar-refractivity contribution < 1.29 is 0 Å². The Labute approximate surface area is 179 Å². The van der Waals surface area contributed by atoms with Gasteiger partial charge in [0.25, 0.3) is 11.1 Å². The maximum absolute atomic E-state index is 13.2. The van der Waals surface area contributed by atoms with E-state index in [1.165, 1.54) is 23.1 Å². The summed E-state index contributed by atoms with van der Waals surface area (Å²) in [7, 11) is 0. The van der Waals surface area contributed by atoms with E-state index >= 15 is 0 Å². The molecule has 0 radical (unpaired) electrons. The average Bonchev–Trinajstić information content (AvgIpc) is 3.25. The van der Waals surface area contributed by atoms with Gasteiger partial charge in [-0.25, -0.2) is 9.97 Å². The first-order valence-electron chi connectivity index (χ1n) is 9.32. The Morgan fingerprint density at radius 2 is 1.73 bits per heavy atom. The number of thioether (sulfide) groups is 1. The quantitative estimate of drug-likeness (QED) is 0.335. The lowest BCUT2D eigenvalue weighted by molar-refractivity contribution is 0.658. The van der Waals surface area contributed by atoms with E-state index in [-0.39, 0.29) is 11.1 Å². The van der Waals surface area contributed by atoms with Gasteiger partial charge in [-0.15, -0.1) is 11.3 Å². The number of para-hydroxylation sites is 1. The van der Waals surface area contributed by atoms with Crippen molar-refractivity contribution >= 4 is 44.2 Å². The number of hydrogen-bond acceptors (Lipinski definition) is 6. The number of rotatable bonds is 5. The zero-order chi connectivity index (χ0) is 20.5. The first kappa shape index (κ1) is 18.8. The maximum Gasteiger partial charge on any atom is 0.268 e. The molecule has 3 aromatic heterocycles. The van der Waals surface area contributed by atoms with Crippen LogP contribution in [0.4, 0.5) is 0 Å². The first-order chi connectivity index (χ1) is 14.7. The normalized spacial score (nSPS) is 11.3. The molecule has 0 aliphatic carbocycles. The number of thiophene rings is 1. The SMILES string of the molecule is O=c1[nH]c(CSc2nc3ccccc3c(=O)n2Cc2ccccc2)nc2ccsc12. The molecule has 0 aliphatic heterocycles. The third-order valence-electron chi connectivity index (χ3n) is 4.71. The van der Waals surface area contributed by atoms with Crippen molar-refractivity contribution in [2.45, 2.75) is 17.5 Å². The van der Waals surface area contributed by atoms with Crippen LogP contribution < -0.4 is 11.1 Å². The highest BCUT2D eigenvalue weighted by Gasteiger charge is 2.13. The summed E-state index contributed by atoms with van der Waals surface area (Å²) in [5.41, 5.74) is 2.14. The molecule has 6 nitrogen and oxygen atoms in total. The average molecular weight is 433 g/mol. The van der Waals surface area contributed by atoms with Crippen LogP contribution >= 0.6 is 23.1 Å². The van der Waals surface area contributed by atoms with Gasteiger partial charge >= 0.3 is 0 Å². The Kier molecular flexibility index (Phi) is 4.94. The van der Waals surface area contributed by atoms with Crippen molar-refractivity contribution in [2.75, 3.05) is 0 Å². The van der Waals surface area contributed by atoms with Crippen molar-refractivity contribution in [3.63, 3.8) is 0 Å². The monoisotopic (exact) mass is 432 g/mol. The van der Waals surface area contributed by atoms with E-state index in [1.807, 2.05) is 60.0 Å². The van der Waals surface area contributed by atoms with E-state index in [1.54, 1.807) is 10.6 Å². The predicted molar refractivity (Wildman–Crippen MR) is 121 cm³/mol. The fraction of sp³-hybridized carbons (Fsp3) is 0.0909. The van der Waals surface area contributed by atoms with E-state index in [2.05, 4.69) is 9.97 Å². The molecule has 5 rings (SSSR count). The summed E-state index contributed by atoms with van der Waals surface area (Å²) in [6.45, 7) is 0.424. The van der Waals surface area contributed by atoms with E-state index in [0.29, 0.717) is 44.4 Å². The smallest absolute Gasteiger partial charge is 0.268 e. The summed E-state index contributed by atoms with van der Waals surface area (Å²) in [6, 6.07) is 19.0. The summed E-state index contributed by atoms with van der Waals surface area (Å²) in [4.78, 5) is 37.5. The van der Waals surface area contributed by atoms with Crippen LogP contribution in [0.15, 0.2) is 80.8 Å².